The molecule has 1 aromatic heterocycles. The number of carbonyl (C=O) groups is 1. The van der Waals surface area contributed by atoms with Gasteiger partial charge in [-0.05, 0) is 34.9 Å². The average Bonchev–Trinajstić information content (AvgIpc) is 3.02. The van der Waals surface area contributed by atoms with Crippen LogP contribution in [-0.2, 0) is 9.53 Å². The van der Waals surface area contributed by atoms with Crippen LogP contribution in [0.3, 0.4) is 0 Å². The van der Waals surface area contributed by atoms with Crippen molar-refractivity contribution >= 4 is 17.3 Å². The number of esters is 1. The number of carbonyl (C=O) groups excluding carboxylic acids is 1. The molecule has 0 saturated heterocycles. The number of benzene rings is 1. The van der Waals surface area contributed by atoms with E-state index in [1.807, 2.05) is 30.3 Å². The van der Waals surface area contributed by atoms with Gasteiger partial charge in [-0.3, -0.25) is 4.79 Å². The number of ether oxygens (including phenoxy) is 1. The van der Waals surface area contributed by atoms with Crippen molar-refractivity contribution in [1.29, 1.82) is 0 Å². The van der Waals surface area contributed by atoms with Crippen LogP contribution in [0.25, 0.3) is 0 Å². The number of rotatable bonds is 6. The standard InChI is InChI=1S/C16H19NO2S/c1-12(14-8-9-20-11-14)17-10-15(16(18)19-2)13-6-4-3-5-7-13/h3-9,11-12,15,17H,10H2,1-2H3. The molecular weight excluding hydrogens is 270 g/mol. The summed E-state index contributed by atoms with van der Waals surface area (Å²) in [5.41, 5.74) is 2.22. The smallest absolute Gasteiger partial charge is 0.314 e. The van der Waals surface area contributed by atoms with E-state index in [1.54, 1.807) is 11.3 Å². The van der Waals surface area contributed by atoms with Crippen molar-refractivity contribution in [2.45, 2.75) is 18.9 Å². The molecule has 0 bridgehead atoms. The lowest BCUT2D eigenvalue weighted by Gasteiger charge is -2.19. The summed E-state index contributed by atoms with van der Waals surface area (Å²) in [5, 5.41) is 7.58. The van der Waals surface area contributed by atoms with Crippen LogP contribution >= 0.6 is 11.3 Å². The SMILES string of the molecule is COC(=O)C(CNC(C)c1ccsc1)c1ccccc1. The molecule has 2 aromatic rings. The lowest BCUT2D eigenvalue weighted by molar-refractivity contribution is -0.142. The molecule has 2 unspecified atom stereocenters. The van der Waals surface area contributed by atoms with Gasteiger partial charge >= 0.3 is 5.97 Å². The molecule has 20 heavy (non-hydrogen) atoms. The van der Waals surface area contributed by atoms with Crippen molar-refractivity contribution in [3.05, 3.63) is 58.3 Å². The Bertz CT molecular complexity index is 525. The number of thiophene rings is 1. The molecule has 0 aliphatic heterocycles. The van der Waals surface area contributed by atoms with Crippen LogP contribution in [0.4, 0.5) is 0 Å². The maximum absolute atomic E-state index is 12.0. The Morgan fingerprint density at radius 3 is 2.60 bits per heavy atom. The van der Waals surface area contributed by atoms with Gasteiger partial charge in [0, 0.05) is 12.6 Å². The van der Waals surface area contributed by atoms with Crippen LogP contribution in [0.15, 0.2) is 47.2 Å². The monoisotopic (exact) mass is 289 g/mol. The molecule has 2 atom stereocenters. The first-order valence-electron chi connectivity index (χ1n) is 6.60. The maximum Gasteiger partial charge on any atom is 0.314 e. The summed E-state index contributed by atoms with van der Waals surface area (Å²) in [5.74, 6) is -0.483. The van der Waals surface area contributed by atoms with E-state index in [2.05, 4.69) is 29.1 Å². The van der Waals surface area contributed by atoms with Crippen molar-refractivity contribution in [2.75, 3.05) is 13.7 Å². The lowest BCUT2D eigenvalue weighted by atomic mass is 9.98. The highest BCUT2D eigenvalue weighted by Crippen LogP contribution is 2.20. The number of hydrogen-bond acceptors (Lipinski definition) is 4. The highest BCUT2D eigenvalue weighted by molar-refractivity contribution is 7.07. The molecular formula is C16H19NO2S. The zero-order chi connectivity index (χ0) is 14.4. The molecule has 0 amide bonds. The fourth-order valence-electron chi connectivity index (χ4n) is 2.10. The fourth-order valence-corrected chi connectivity index (χ4v) is 2.85. The third kappa shape index (κ3) is 3.68. The molecule has 2 rings (SSSR count). The second kappa shape index (κ2) is 7.22. The Morgan fingerprint density at radius 1 is 1.25 bits per heavy atom. The van der Waals surface area contributed by atoms with Gasteiger partial charge in [0.1, 0.15) is 0 Å². The van der Waals surface area contributed by atoms with Gasteiger partial charge in [-0.2, -0.15) is 11.3 Å². The third-order valence-corrected chi connectivity index (χ3v) is 4.06. The molecule has 106 valence electrons. The van der Waals surface area contributed by atoms with Crippen LogP contribution in [0, 0.1) is 0 Å². The van der Waals surface area contributed by atoms with Gasteiger partial charge in [0.25, 0.3) is 0 Å². The van der Waals surface area contributed by atoms with Gasteiger partial charge in [0.2, 0.25) is 0 Å². The van der Waals surface area contributed by atoms with Crippen molar-refractivity contribution in [3.63, 3.8) is 0 Å². The first-order chi connectivity index (χ1) is 9.72. The van der Waals surface area contributed by atoms with E-state index in [1.165, 1.54) is 12.7 Å². The minimum atomic E-state index is -0.276. The minimum Gasteiger partial charge on any atom is -0.469 e. The maximum atomic E-state index is 12.0. The largest absolute Gasteiger partial charge is 0.469 e. The van der Waals surface area contributed by atoms with Gasteiger partial charge in [-0.1, -0.05) is 30.3 Å². The molecule has 0 fully saturated rings. The van der Waals surface area contributed by atoms with Crippen LogP contribution < -0.4 is 5.32 Å². The predicted octanol–water partition coefficient (Wildman–Crippen LogP) is 3.36. The number of hydrogen-bond donors (Lipinski definition) is 1. The second-order valence-electron chi connectivity index (χ2n) is 4.67. The molecule has 1 heterocycles. The second-order valence-corrected chi connectivity index (χ2v) is 5.45. The number of nitrogens with one attached hydrogen (secondary N) is 1. The molecule has 0 spiro atoms. The van der Waals surface area contributed by atoms with Gasteiger partial charge in [-0.15, -0.1) is 0 Å². The van der Waals surface area contributed by atoms with E-state index in [0.717, 1.165) is 5.56 Å². The predicted molar refractivity (Wildman–Crippen MR) is 81.9 cm³/mol. The molecule has 0 aliphatic rings. The molecule has 0 radical (unpaired) electrons. The normalized spacial score (nSPS) is 13.7. The molecule has 0 saturated carbocycles. The van der Waals surface area contributed by atoms with Crippen molar-refractivity contribution in [2.24, 2.45) is 0 Å². The highest BCUT2D eigenvalue weighted by atomic mass is 32.1. The summed E-state index contributed by atoms with van der Waals surface area (Å²) < 4.78 is 4.91. The van der Waals surface area contributed by atoms with E-state index < -0.39 is 0 Å². The summed E-state index contributed by atoms with van der Waals surface area (Å²) in [6.45, 7) is 2.66. The van der Waals surface area contributed by atoms with E-state index in [9.17, 15) is 4.79 Å². The summed E-state index contributed by atoms with van der Waals surface area (Å²) in [6, 6.07) is 12.0. The Morgan fingerprint density at radius 2 is 2.00 bits per heavy atom. The molecule has 3 nitrogen and oxygen atoms in total. The Labute approximate surface area is 123 Å². The zero-order valence-corrected chi connectivity index (χ0v) is 12.5. The van der Waals surface area contributed by atoms with Gasteiger partial charge in [0.05, 0.1) is 13.0 Å². The number of methoxy groups -OCH3 is 1. The third-order valence-electron chi connectivity index (χ3n) is 3.36. The van der Waals surface area contributed by atoms with Crippen LogP contribution in [0.2, 0.25) is 0 Å². The summed E-state index contributed by atoms with van der Waals surface area (Å²) >= 11 is 1.68. The van der Waals surface area contributed by atoms with E-state index >= 15 is 0 Å². The topological polar surface area (TPSA) is 38.3 Å². The first kappa shape index (κ1) is 14.8. The Hall–Kier alpha value is -1.65. The Kier molecular flexibility index (Phi) is 5.32. The van der Waals surface area contributed by atoms with Crippen LogP contribution in [0.5, 0.6) is 0 Å². The van der Waals surface area contributed by atoms with Crippen molar-refractivity contribution in [1.82, 2.24) is 5.32 Å². The summed E-state index contributed by atoms with van der Waals surface area (Å²) in [6.07, 6.45) is 0. The molecule has 1 aromatic carbocycles. The van der Waals surface area contributed by atoms with Crippen molar-refractivity contribution < 1.29 is 9.53 Å². The van der Waals surface area contributed by atoms with Crippen molar-refractivity contribution in [3.8, 4) is 0 Å². The van der Waals surface area contributed by atoms with Crippen LogP contribution in [0.1, 0.15) is 30.0 Å². The quantitative estimate of drug-likeness (QED) is 0.829. The van der Waals surface area contributed by atoms with E-state index in [-0.39, 0.29) is 17.9 Å². The summed E-state index contributed by atoms with van der Waals surface area (Å²) in [7, 11) is 1.43. The Balaban J connectivity index is 2.04. The lowest BCUT2D eigenvalue weighted by Crippen LogP contribution is -2.29. The average molecular weight is 289 g/mol. The fraction of sp³-hybridized carbons (Fsp3) is 0.312. The minimum absolute atomic E-state index is 0.207. The highest BCUT2D eigenvalue weighted by Gasteiger charge is 2.21. The first-order valence-corrected chi connectivity index (χ1v) is 7.55. The van der Waals surface area contributed by atoms with E-state index in [4.69, 9.17) is 4.74 Å². The van der Waals surface area contributed by atoms with Gasteiger partial charge in [0.15, 0.2) is 0 Å². The summed E-state index contributed by atoms with van der Waals surface area (Å²) in [4.78, 5) is 12.0. The molecule has 4 heteroatoms. The van der Waals surface area contributed by atoms with Gasteiger partial charge in [-0.25, -0.2) is 0 Å². The van der Waals surface area contributed by atoms with E-state index in [0.29, 0.717) is 6.54 Å². The molecule has 1 N–H and O–H groups in total. The van der Waals surface area contributed by atoms with Gasteiger partial charge < -0.3 is 10.1 Å². The molecule has 0 aliphatic carbocycles. The zero-order valence-electron chi connectivity index (χ0n) is 11.7. The van der Waals surface area contributed by atoms with Crippen LogP contribution in [-0.4, -0.2) is 19.6 Å².